The molecule has 3 aliphatic heterocycles. The Hall–Kier alpha value is -5.17. The average molecular weight is 662 g/mol. The van der Waals surface area contributed by atoms with E-state index in [0.29, 0.717) is 42.2 Å². The molecule has 1 aliphatic carbocycles. The van der Waals surface area contributed by atoms with Gasteiger partial charge in [-0.2, -0.15) is 5.10 Å². The van der Waals surface area contributed by atoms with Gasteiger partial charge in [0.2, 0.25) is 11.8 Å². The summed E-state index contributed by atoms with van der Waals surface area (Å²) < 4.78 is 2.06. The number of fused-ring (bicyclic) bond motifs is 2. The van der Waals surface area contributed by atoms with Crippen molar-refractivity contribution in [2.45, 2.75) is 63.5 Å². The number of hydrogen-bond acceptors (Lipinski definition) is 10. The van der Waals surface area contributed by atoms with Crippen LogP contribution >= 0.6 is 0 Å². The van der Waals surface area contributed by atoms with E-state index >= 15 is 0 Å². The van der Waals surface area contributed by atoms with Crippen LogP contribution in [0.15, 0.2) is 48.9 Å². The number of imide groups is 2. The number of carbonyl (C=O) groups is 4. The summed E-state index contributed by atoms with van der Waals surface area (Å²) in [4.78, 5) is 61.4. The van der Waals surface area contributed by atoms with Gasteiger partial charge in [0.05, 0.1) is 52.2 Å². The van der Waals surface area contributed by atoms with Crippen molar-refractivity contribution in [2.24, 2.45) is 5.92 Å². The summed E-state index contributed by atoms with van der Waals surface area (Å²) >= 11 is 0. The summed E-state index contributed by atoms with van der Waals surface area (Å²) in [5.74, 6) is -1.81. The van der Waals surface area contributed by atoms with Gasteiger partial charge in [0.15, 0.2) is 0 Å². The lowest BCUT2D eigenvalue weighted by molar-refractivity contribution is -0.134. The Labute approximate surface area is 283 Å². The molecule has 1 saturated carbocycles. The van der Waals surface area contributed by atoms with Crippen molar-refractivity contribution in [2.75, 3.05) is 36.4 Å². The maximum atomic E-state index is 12.6. The lowest BCUT2D eigenvalue weighted by Gasteiger charge is -2.35. The van der Waals surface area contributed by atoms with Gasteiger partial charge in [-0.3, -0.25) is 39.5 Å². The third-order valence-electron chi connectivity index (χ3n) is 10.3. The third kappa shape index (κ3) is 6.14. The minimum Gasteiger partial charge on any atom is -0.385 e. The van der Waals surface area contributed by atoms with Gasteiger partial charge in [0.1, 0.15) is 0 Å². The van der Waals surface area contributed by atoms with E-state index in [-0.39, 0.29) is 23.5 Å². The van der Waals surface area contributed by atoms with Crippen LogP contribution in [0, 0.1) is 5.92 Å². The first-order valence-corrected chi connectivity index (χ1v) is 17.2. The number of amides is 4. The van der Waals surface area contributed by atoms with E-state index in [1.165, 1.54) is 5.69 Å². The number of piperazine rings is 1. The Morgan fingerprint density at radius 3 is 2.71 bits per heavy atom. The highest BCUT2D eigenvalue weighted by molar-refractivity contribution is 6.23. The standard InChI is InChI=1S/C36H39N9O4/c1-20-18-44(10-9-37-20)24-4-6-29-30(15-24)41-31(17-39-29)22-16-40-45(19-22)25-11-21(12-25)3-2-8-38-23-13-27(26-5-7-32(46)42-34(26)47)33-28(14-23)35(48)43-36(33)49/h4,6,13-17,19-21,25-26,37-38H,2-3,5,7-12,18H2,1H3,(H,42,46,47)(H,43,48,49)/t20-,21?,25?,26?/m0/s1. The predicted molar refractivity (Wildman–Crippen MR) is 183 cm³/mol. The molecule has 0 spiro atoms. The summed E-state index contributed by atoms with van der Waals surface area (Å²) in [6, 6.07) is 10.6. The lowest BCUT2D eigenvalue weighted by Crippen LogP contribution is -2.49. The zero-order chi connectivity index (χ0) is 33.6. The van der Waals surface area contributed by atoms with Gasteiger partial charge < -0.3 is 15.5 Å². The van der Waals surface area contributed by atoms with Crippen molar-refractivity contribution in [1.82, 2.24) is 35.7 Å². The fourth-order valence-electron chi connectivity index (χ4n) is 7.65. The number of carbonyl (C=O) groups excluding carboxylic acids is 4. The number of piperidine rings is 1. The molecule has 0 bridgehead atoms. The van der Waals surface area contributed by atoms with Crippen molar-refractivity contribution in [1.29, 1.82) is 0 Å². The van der Waals surface area contributed by atoms with Gasteiger partial charge in [-0.15, -0.1) is 0 Å². The van der Waals surface area contributed by atoms with Crippen LogP contribution in [0.1, 0.15) is 83.7 Å². The summed E-state index contributed by atoms with van der Waals surface area (Å²) in [7, 11) is 0. The van der Waals surface area contributed by atoms with E-state index in [9.17, 15) is 19.2 Å². The Morgan fingerprint density at radius 2 is 1.88 bits per heavy atom. The zero-order valence-electron chi connectivity index (χ0n) is 27.4. The fraction of sp³-hybridized carbons (Fsp3) is 0.417. The molecule has 2 saturated heterocycles. The molecule has 4 N–H and O–H groups in total. The highest BCUT2D eigenvalue weighted by Crippen LogP contribution is 2.41. The first-order chi connectivity index (χ1) is 23.8. The number of aromatic nitrogens is 4. The number of rotatable bonds is 9. The summed E-state index contributed by atoms with van der Waals surface area (Å²) in [5.41, 5.74) is 6.38. The molecule has 13 heteroatoms. The minimum atomic E-state index is -0.660. The van der Waals surface area contributed by atoms with Gasteiger partial charge in [-0.25, -0.2) is 4.98 Å². The monoisotopic (exact) mass is 661 g/mol. The average Bonchev–Trinajstić information content (AvgIpc) is 3.67. The molecule has 2 atom stereocenters. The van der Waals surface area contributed by atoms with E-state index in [1.54, 1.807) is 12.1 Å². The van der Waals surface area contributed by atoms with Crippen LogP contribution in [0.5, 0.6) is 0 Å². The molecule has 5 heterocycles. The van der Waals surface area contributed by atoms with Gasteiger partial charge >= 0.3 is 0 Å². The molecule has 4 amide bonds. The number of hydrogen-bond donors (Lipinski definition) is 4. The quantitative estimate of drug-likeness (QED) is 0.154. The molecule has 0 radical (unpaired) electrons. The normalized spacial score (nSPS) is 23.7. The van der Waals surface area contributed by atoms with E-state index in [2.05, 4.69) is 66.2 Å². The molecule has 13 nitrogen and oxygen atoms in total. The summed E-state index contributed by atoms with van der Waals surface area (Å²) in [5, 5.41) is 16.3. The van der Waals surface area contributed by atoms with Gasteiger partial charge in [-0.05, 0) is 80.8 Å². The number of anilines is 2. The second kappa shape index (κ2) is 12.7. The number of nitrogens with one attached hydrogen (secondary N) is 4. The molecular weight excluding hydrogens is 622 g/mol. The second-order valence-corrected chi connectivity index (χ2v) is 13.8. The Bertz CT molecular complexity index is 1980. The molecule has 2 aromatic carbocycles. The van der Waals surface area contributed by atoms with Crippen molar-refractivity contribution >= 4 is 46.0 Å². The van der Waals surface area contributed by atoms with Crippen molar-refractivity contribution in [3.8, 4) is 11.3 Å². The van der Waals surface area contributed by atoms with E-state index < -0.39 is 23.6 Å². The highest BCUT2D eigenvalue weighted by Gasteiger charge is 2.37. The Balaban J connectivity index is 0.858. The first kappa shape index (κ1) is 31.1. The highest BCUT2D eigenvalue weighted by atomic mass is 16.2. The SMILES string of the molecule is C[C@H]1CN(c2ccc3ncc(-c4cnn(C5CC(CCCNc6cc7c(c(C8CCC(=O)NC8=O)c6)C(=O)NC7=O)C5)c4)nc3c2)CCN1. The summed E-state index contributed by atoms with van der Waals surface area (Å²) in [6.07, 6.45) is 10.4. The van der Waals surface area contributed by atoms with Gasteiger partial charge in [0.25, 0.3) is 11.8 Å². The topological polar surface area (TPSA) is 163 Å². The third-order valence-corrected chi connectivity index (χ3v) is 10.3. The molecule has 3 fully saturated rings. The maximum absolute atomic E-state index is 12.6. The maximum Gasteiger partial charge on any atom is 0.259 e. The minimum absolute atomic E-state index is 0.190. The Kier molecular flexibility index (Phi) is 8.06. The Morgan fingerprint density at radius 1 is 1.00 bits per heavy atom. The second-order valence-electron chi connectivity index (χ2n) is 13.8. The largest absolute Gasteiger partial charge is 0.385 e. The van der Waals surface area contributed by atoms with Crippen LogP contribution < -0.4 is 26.2 Å². The van der Waals surface area contributed by atoms with Crippen molar-refractivity contribution < 1.29 is 19.2 Å². The fourth-order valence-corrected chi connectivity index (χ4v) is 7.65. The lowest BCUT2D eigenvalue weighted by atomic mass is 9.77. The smallest absolute Gasteiger partial charge is 0.259 e. The molecule has 49 heavy (non-hydrogen) atoms. The first-order valence-electron chi connectivity index (χ1n) is 17.2. The van der Waals surface area contributed by atoms with Crippen LogP contribution in [0.4, 0.5) is 11.4 Å². The van der Waals surface area contributed by atoms with E-state index in [4.69, 9.17) is 4.98 Å². The molecule has 1 unspecified atom stereocenters. The predicted octanol–water partition coefficient (Wildman–Crippen LogP) is 3.54. The van der Waals surface area contributed by atoms with Crippen molar-refractivity contribution in [3.05, 3.63) is 65.6 Å². The number of benzene rings is 2. The van der Waals surface area contributed by atoms with Crippen molar-refractivity contribution in [3.63, 3.8) is 0 Å². The van der Waals surface area contributed by atoms with E-state index in [1.807, 2.05) is 18.5 Å². The summed E-state index contributed by atoms with van der Waals surface area (Å²) in [6.45, 7) is 5.80. The molecular formula is C36H39N9O4. The molecule has 2 aromatic heterocycles. The molecule has 252 valence electrons. The van der Waals surface area contributed by atoms with Crippen LogP contribution in [-0.4, -0.2) is 75.6 Å². The zero-order valence-corrected chi connectivity index (χ0v) is 27.4. The molecule has 4 aromatic rings. The van der Waals surface area contributed by atoms with Crippen LogP contribution in [0.25, 0.3) is 22.3 Å². The molecule has 4 aliphatic rings. The van der Waals surface area contributed by atoms with Crippen LogP contribution in [-0.2, 0) is 9.59 Å². The van der Waals surface area contributed by atoms with Gasteiger partial charge in [0, 0.05) is 61.8 Å². The van der Waals surface area contributed by atoms with Crippen LogP contribution in [0.2, 0.25) is 0 Å². The number of nitrogens with zero attached hydrogens (tertiary/aromatic N) is 5. The van der Waals surface area contributed by atoms with Crippen LogP contribution in [0.3, 0.4) is 0 Å². The molecule has 8 rings (SSSR count). The van der Waals surface area contributed by atoms with Gasteiger partial charge in [-0.1, -0.05) is 0 Å². The van der Waals surface area contributed by atoms with E-state index in [0.717, 1.165) is 67.6 Å².